The van der Waals surface area contributed by atoms with Crippen molar-refractivity contribution in [2.45, 2.75) is 24.4 Å². The number of nitrogens with zero attached hydrogens (tertiary/aromatic N) is 4. The number of rotatable bonds is 2. The molecule has 0 radical (unpaired) electrons. The molecule has 1 aliphatic carbocycles. The van der Waals surface area contributed by atoms with Crippen molar-refractivity contribution in [1.82, 2.24) is 19.5 Å². The SMILES string of the molecule is Nc1ncnc2c1ncn2CC1(O)C=CC(O)C1O. The highest BCUT2D eigenvalue weighted by Gasteiger charge is 2.42. The van der Waals surface area contributed by atoms with E-state index < -0.39 is 17.8 Å². The third-order valence-electron chi connectivity index (χ3n) is 3.27. The van der Waals surface area contributed by atoms with E-state index in [0.29, 0.717) is 11.2 Å². The number of anilines is 1. The van der Waals surface area contributed by atoms with Gasteiger partial charge in [0.05, 0.1) is 12.9 Å². The number of aliphatic hydroxyl groups is 3. The van der Waals surface area contributed by atoms with Crippen molar-refractivity contribution in [2.75, 3.05) is 5.73 Å². The lowest BCUT2D eigenvalue weighted by molar-refractivity contribution is -0.0790. The van der Waals surface area contributed by atoms with Gasteiger partial charge in [0.1, 0.15) is 29.7 Å². The molecule has 5 N–H and O–H groups in total. The van der Waals surface area contributed by atoms with Crippen molar-refractivity contribution in [3.8, 4) is 0 Å². The minimum absolute atomic E-state index is 0.00861. The highest BCUT2D eigenvalue weighted by molar-refractivity contribution is 5.81. The smallest absolute Gasteiger partial charge is 0.165 e. The quantitative estimate of drug-likeness (QED) is 0.481. The van der Waals surface area contributed by atoms with E-state index in [4.69, 9.17) is 5.73 Å². The lowest BCUT2D eigenvalue weighted by atomic mass is 10.00. The first-order chi connectivity index (χ1) is 9.01. The van der Waals surface area contributed by atoms with Crippen LogP contribution in [0.15, 0.2) is 24.8 Å². The Kier molecular flexibility index (Phi) is 2.52. The molecule has 1 aliphatic rings. The van der Waals surface area contributed by atoms with Crippen LogP contribution >= 0.6 is 0 Å². The van der Waals surface area contributed by atoms with E-state index in [0.717, 1.165) is 0 Å². The van der Waals surface area contributed by atoms with Crippen molar-refractivity contribution in [2.24, 2.45) is 0 Å². The summed E-state index contributed by atoms with van der Waals surface area (Å²) in [6, 6.07) is 0. The number of aromatic nitrogens is 4. The number of hydrogen-bond donors (Lipinski definition) is 4. The summed E-state index contributed by atoms with van der Waals surface area (Å²) in [6.45, 7) is 0.00861. The van der Waals surface area contributed by atoms with Gasteiger partial charge >= 0.3 is 0 Å². The Morgan fingerprint density at radius 2 is 2.11 bits per heavy atom. The van der Waals surface area contributed by atoms with Crippen molar-refractivity contribution in [1.29, 1.82) is 0 Å². The zero-order chi connectivity index (χ0) is 13.6. The van der Waals surface area contributed by atoms with Gasteiger partial charge in [-0.3, -0.25) is 0 Å². The van der Waals surface area contributed by atoms with Gasteiger partial charge in [-0.1, -0.05) is 6.08 Å². The van der Waals surface area contributed by atoms with E-state index in [2.05, 4.69) is 15.0 Å². The van der Waals surface area contributed by atoms with Gasteiger partial charge in [0.2, 0.25) is 0 Å². The van der Waals surface area contributed by atoms with E-state index in [1.807, 2.05) is 0 Å². The number of imidazole rings is 1. The fourth-order valence-corrected chi connectivity index (χ4v) is 2.20. The van der Waals surface area contributed by atoms with Crippen molar-refractivity contribution in [3.63, 3.8) is 0 Å². The number of aliphatic hydroxyl groups excluding tert-OH is 2. The lowest BCUT2D eigenvalue weighted by Crippen LogP contribution is -2.45. The second-order valence-electron chi connectivity index (χ2n) is 4.59. The first-order valence-electron chi connectivity index (χ1n) is 5.70. The molecule has 3 unspecified atom stereocenters. The van der Waals surface area contributed by atoms with Crippen LogP contribution in [0.25, 0.3) is 11.2 Å². The molecule has 2 aromatic rings. The summed E-state index contributed by atoms with van der Waals surface area (Å²) in [6.07, 6.45) is 3.11. The second-order valence-corrected chi connectivity index (χ2v) is 4.59. The van der Waals surface area contributed by atoms with Crippen LogP contribution < -0.4 is 5.73 Å². The number of fused-ring (bicyclic) bond motifs is 1. The summed E-state index contributed by atoms with van der Waals surface area (Å²) >= 11 is 0. The molecule has 0 spiro atoms. The molecule has 19 heavy (non-hydrogen) atoms. The number of nitrogen functional groups attached to an aromatic ring is 1. The van der Waals surface area contributed by atoms with Gasteiger partial charge in [0, 0.05) is 0 Å². The minimum Gasteiger partial charge on any atom is -0.387 e. The van der Waals surface area contributed by atoms with Crippen LogP contribution in [0.5, 0.6) is 0 Å². The Morgan fingerprint density at radius 3 is 2.79 bits per heavy atom. The summed E-state index contributed by atoms with van der Waals surface area (Å²) in [5.74, 6) is 0.248. The molecule has 2 aromatic heterocycles. The number of hydrogen-bond acceptors (Lipinski definition) is 7. The second kappa shape index (κ2) is 3.98. The van der Waals surface area contributed by atoms with Gasteiger partial charge in [-0.05, 0) is 6.08 Å². The predicted octanol–water partition coefficient (Wildman–Crippen LogP) is -1.57. The molecule has 2 heterocycles. The molecular formula is C11H13N5O3. The fraction of sp³-hybridized carbons (Fsp3) is 0.364. The molecule has 0 aliphatic heterocycles. The Balaban J connectivity index is 1.99. The van der Waals surface area contributed by atoms with Gasteiger partial charge in [-0.15, -0.1) is 0 Å². The van der Waals surface area contributed by atoms with Crippen LogP contribution in [0, 0.1) is 0 Å². The van der Waals surface area contributed by atoms with Crippen LogP contribution in [0.3, 0.4) is 0 Å². The molecule has 100 valence electrons. The van der Waals surface area contributed by atoms with Crippen molar-refractivity contribution < 1.29 is 15.3 Å². The van der Waals surface area contributed by atoms with Crippen LogP contribution in [0.1, 0.15) is 0 Å². The largest absolute Gasteiger partial charge is 0.387 e. The molecular weight excluding hydrogens is 250 g/mol. The first kappa shape index (κ1) is 12.0. The van der Waals surface area contributed by atoms with Gasteiger partial charge < -0.3 is 25.6 Å². The maximum Gasteiger partial charge on any atom is 0.165 e. The average Bonchev–Trinajstić information content (AvgIpc) is 2.89. The van der Waals surface area contributed by atoms with Crippen molar-refractivity contribution in [3.05, 3.63) is 24.8 Å². The highest BCUT2D eigenvalue weighted by Crippen LogP contribution is 2.27. The van der Waals surface area contributed by atoms with E-state index in [1.54, 1.807) is 4.57 Å². The molecule has 3 atom stereocenters. The van der Waals surface area contributed by atoms with E-state index in [-0.39, 0.29) is 12.4 Å². The highest BCUT2D eigenvalue weighted by atomic mass is 16.4. The Morgan fingerprint density at radius 1 is 1.32 bits per heavy atom. The van der Waals surface area contributed by atoms with Gasteiger partial charge in [-0.25, -0.2) is 15.0 Å². The van der Waals surface area contributed by atoms with Crippen LogP contribution in [-0.4, -0.2) is 52.6 Å². The molecule has 8 nitrogen and oxygen atoms in total. The third kappa shape index (κ3) is 1.77. The molecule has 0 saturated heterocycles. The van der Waals surface area contributed by atoms with E-state index in [1.165, 1.54) is 24.8 Å². The summed E-state index contributed by atoms with van der Waals surface area (Å²) in [5, 5.41) is 29.6. The Bertz CT molecular complexity index is 655. The number of nitrogens with two attached hydrogens (primary N) is 1. The first-order valence-corrected chi connectivity index (χ1v) is 5.70. The van der Waals surface area contributed by atoms with Crippen LogP contribution in [0.4, 0.5) is 5.82 Å². The van der Waals surface area contributed by atoms with Gasteiger partial charge in [0.15, 0.2) is 11.5 Å². The molecule has 0 amide bonds. The summed E-state index contributed by atoms with van der Waals surface area (Å²) in [4.78, 5) is 11.9. The molecule has 3 rings (SSSR count). The zero-order valence-corrected chi connectivity index (χ0v) is 9.88. The third-order valence-corrected chi connectivity index (χ3v) is 3.27. The summed E-state index contributed by atoms with van der Waals surface area (Å²) in [7, 11) is 0. The predicted molar refractivity (Wildman–Crippen MR) is 65.8 cm³/mol. The van der Waals surface area contributed by atoms with Gasteiger partial charge in [-0.2, -0.15) is 0 Å². The maximum absolute atomic E-state index is 10.3. The topological polar surface area (TPSA) is 130 Å². The normalized spacial score (nSPS) is 30.3. The average molecular weight is 263 g/mol. The van der Waals surface area contributed by atoms with E-state index in [9.17, 15) is 15.3 Å². The molecule has 8 heteroatoms. The van der Waals surface area contributed by atoms with Gasteiger partial charge in [0.25, 0.3) is 0 Å². The van der Waals surface area contributed by atoms with Crippen LogP contribution in [0.2, 0.25) is 0 Å². The monoisotopic (exact) mass is 263 g/mol. The van der Waals surface area contributed by atoms with E-state index >= 15 is 0 Å². The summed E-state index contributed by atoms with van der Waals surface area (Å²) in [5.41, 5.74) is 5.00. The molecule has 0 fully saturated rings. The molecule has 0 saturated carbocycles. The fourth-order valence-electron chi connectivity index (χ4n) is 2.20. The Labute approximate surface area is 107 Å². The summed E-state index contributed by atoms with van der Waals surface area (Å²) < 4.78 is 1.55. The molecule has 0 aromatic carbocycles. The Hall–Kier alpha value is -2.03. The van der Waals surface area contributed by atoms with Crippen LogP contribution in [-0.2, 0) is 6.54 Å². The maximum atomic E-state index is 10.3. The standard InChI is InChI=1S/C11H13N5O3/c12-9-7-10(14-4-13-9)16(5-15-7)3-11(19)2-1-6(17)8(11)18/h1-2,4-6,8,17-19H,3H2,(H2,12,13,14). The lowest BCUT2D eigenvalue weighted by Gasteiger charge is -2.27. The molecule has 0 bridgehead atoms. The zero-order valence-electron chi connectivity index (χ0n) is 9.88. The van der Waals surface area contributed by atoms with Crippen molar-refractivity contribution >= 4 is 17.0 Å². The minimum atomic E-state index is -1.56.